The Morgan fingerprint density at radius 2 is 1.45 bits per heavy atom. The number of aromatic nitrogens is 2. The molecule has 0 fully saturated rings. The summed E-state index contributed by atoms with van der Waals surface area (Å²) in [5, 5.41) is 8.93. The van der Waals surface area contributed by atoms with Crippen LogP contribution in [-0.4, -0.2) is 21.7 Å². The second kappa shape index (κ2) is 7.05. The van der Waals surface area contributed by atoms with Gasteiger partial charge in [0.2, 0.25) is 0 Å². The fourth-order valence-corrected chi connectivity index (χ4v) is 2.56. The maximum Gasteiger partial charge on any atom is 0.107 e. The van der Waals surface area contributed by atoms with Crippen molar-refractivity contribution in [1.82, 2.24) is 9.97 Å². The number of benzene rings is 2. The van der Waals surface area contributed by atoms with Gasteiger partial charge in [0.05, 0.1) is 11.4 Å². The van der Waals surface area contributed by atoms with Crippen molar-refractivity contribution in [3.63, 3.8) is 0 Å². The molecule has 3 nitrogen and oxygen atoms in total. The lowest BCUT2D eigenvalue weighted by Gasteiger charge is -2.02. The summed E-state index contributed by atoms with van der Waals surface area (Å²) in [6.07, 6.45) is 2.60. The Morgan fingerprint density at radius 1 is 0.818 bits per heavy atom. The van der Waals surface area contributed by atoms with Crippen molar-refractivity contribution < 1.29 is 5.11 Å². The van der Waals surface area contributed by atoms with Crippen LogP contribution in [-0.2, 0) is 6.42 Å². The SMILES string of the molecule is OCCCCc1nc(-c2ccccc2)c(-c2ccccc2)[nH]1. The molecule has 0 amide bonds. The largest absolute Gasteiger partial charge is 0.396 e. The lowest BCUT2D eigenvalue weighted by molar-refractivity contribution is 0.284. The summed E-state index contributed by atoms with van der Waals surface area (Å²) in [5.74, 6) is 0.978. The van der Waals surface area contributed by atoms with Crippen molar-refractivity contribution in [1.29, 1.82) is 0 Å². The van der Waals surface area contributed by atoms with Crippen LogP contribution in [0.15, 0.2) is 60.7 Å². The topological polar surface area (TPSA) is 48.9 Å². The molecule has 2 aromatic carbocycles. The van der Waals surface area contributed by atoms with E-state index in [1.165, 1.54) is 0 Å². The highest BCUT2D eigenvalue weighted by Crippen LogP contribution is 2.30. The minimum absolute atomic E-state index is 0.234. The van der Waals surface area contributed by atoms with Crippen LogP contribution in [0.25, 0.3) is 22.5 Å². The van der Waals surface area contributed by atoms with Crippen molar-refractivity contribution in [2.24, 2.45) is 0 Å². The number of imidazole rings is 1. The molecule has 3 heteroatoms. The minimum atomic E-state index is 0.234. The Hall–Kier alpha value is -2.39. The fourth-order valence-electron chi connectivity index (χ4n) is 2.56. The molecule has 0 radical (unpaired) electrons. The normalized spacial score (nSPS) is 10.8. The second-order valence-electron chi connectivity index (χ2n) is 5.32. The molecule has 0 atom stereocenters. The van der Waals surface area contributed by atoms with Gasteiger partial charge in [-0.1, -0.05) is 60.7 Å². The van der Waals surface area contributed by atoms with Crippen molar-refractivity contribution in [2.75, 3.05) is 6.61 Å². The average molecular weight is 292 g/mol. The van der Waals surface area contributed by atoms with Crippen molar-refractivity contribution in [2.45, 2.75) is 19.3 Å². The third kappa shape index (κ3) is 3.26. The molecular weight excluding hydrogens is 272 g/mol. The molecule has 3 rings (SSSR count). The van der Waals surface area contributed by atoms with Gasteiger partial charge in [0.25, 0.3) is 0 Å². The Labute approximate surface area is 130 Å². The van der Waals surface area contributed by atoms with E-state index in [9.17, 15) is 0 Å². The third-order valence-electron chi connectivity index (χ3n) is 3.68. The highest BCUT2D eigenvalue weighted by atomic mass is 16.2. The summed E-state index contributed by atoms with van der Waals surface area (Å²) in [7, 11) is 0. The highest BCUT2D eigenvalue weighted by molar-refractivity contribution is 5.78. The number of aliphatic hydroxyl groups is 1. The lowest BCUT2D eigenvalue weighted by Crippen LogP contribution is -1.91. The first-order valence-electron chi connectivity index (χ1n) is 7.69. The number of nitrogens with zero attached hydrogens (tertiary/aromatic N) is 1. The molecule has 1 aromatic heterocycles. The van der Waals surface area contributed by atoms with Gasteiger partial charge in [0.1, 0.15) is 5.82 Å². The summed E-state index contributed by atoms with van der Waals surface area (Å²) >= 11 is 0. The lowest BCUT2D eigenvalue weighted by atomic mass is 10.1. The molecule has 0 aliphatic heterocycles. The summed E-state index contributed by atoms with van der Waals surface area (Å²) in [6.45, 7) is 0.234. The molecule has 0 spiro atoms. The zero-order valence-corrected chi connectivity index (χ0v) is 12.5. The number of nitrogens with one attached hydrogen (secondary N) is 1. The van der Waals surface area contributed by atoms with Gasteiger partial charge in [-0.3, -0.25) is 0 Å². The average Bonchev–Trinajstić information content (AvgIpc) is 3.01. The molecule has 3 aromatic rings. The zero-order chi connectivity index (χ0) is 15.2. The first-order chi connectivity index (χ1) is 10.9. The van der Waals surface area contributed by atoms with Crippen LogP contribution in [0.2, 0.25) is 0 Å². The number of aliphatic hydroxyl groups excluding tert-OH is 1. The first-order valence-corrected chi connectivity index (χ1v) is 7.69. The van der Waals surface area contributed by atoms with Crippen molar-refractivity contribution in [3.8, 4) is 22.5 Å². The maximum atomic E-state index is 8.93. The number of aryl methyl sites for hydroxylation is 1. The second-order valence-corrected chi connectivity index (χ2v) is 5.32. The predicted octanol–water partition coefficient (Wildman–Crippen LogP) is 4.06. The van der Waals surface area contributed by atoms with Crippen LogP contribution in [0.3, 0.4) is 0 Å². The van der Waals surface area contributed by atoms with E-state index in [1.807, 2.05) is 36.4 Å². The minimum Gasteiger partial charge on any atom is -0.396 e. The fraction of sp³-hybridized carbons (Fsp3) is 0.211. The quantitative estimate of drug-likeness (QED) is 0.673. The van der Waals surface area contributed by atoms with Gasteiger partial charge >= 0.3 is 0 Å². The van der Waals surface area contributed by atoms with Crippen LogP contribution < -0.4 is 0 Å². The Morgan fingerprint density at radius 3 is 2.09 bits per heavy atom. The molecule has 0 aliphatic carbocycles. The Balaban J connectivity index is 1.99. The molecule has 112 valence electrons. The third-order valence-corrected chi connectivity index (χ3v) is 3.68. The zero-order valence-electron chi connectivity index (χ0n) is 12.5. The van der Waals surface area contributed by atoms with Gasteiger partial charge in [0.15, 0.2) is 0 Å². The van der Waals surface area contributed by atoms with E-state index >= 15 is 0 Å². The first kappa shape index (κ1) is 14.5. The summed E-state index contributed by atoms with van der Waals surface area (Å²) in [6, 6.07) is 20.5. The molecule has 22 heavy (non-hydrogen) atoms. The number of aromatic amines is 1. The molecule has 0 bridgehead atoms. The summed E-state index contributed by atoms with van der Waals surface area (Å²) in [4.78, 5) is 8.25. The molecule has 0 saturated carbocycles. The van der Waals surface area contributed by atoms with Gasteiger partial charge in [-0.15, -0.1) is 0 Å². The molecule has 0 saturated heterocycles. The summed E-state index contributed by atoms with van der Waals surface area (Å²) < 4.78 is 0. The van der Waals surface area contributed by atoms with Crippen LogP contribution in [0, 0.1) is 0 Å². The van der Waals surface area contributed by atoms with E-state index in [0.29, 0.717) is 0 Å². The van der Waals surface area contributed by atoms with Crippen LogP contribution in [0.4, 0.5) is 0 Å². The number of H-pyrrole nitrogens is 1. The number of hydrogen-bond donors (Lipinski definition) is 2. The highest BCUT2D eigenvalue weighted by Gasteiger charge is 2.13. The van der Waals surface area contributed by atoms with Crippen molar-refractivity contribution in [3.05, 3.63) is 66.5 Å². The molecular formula is C19H20N2O. The van der Waals surface area contributed by atoms with E-state index in [-0.39, 0.29) is 6.61 Å². The molecule has 1 heterocycles. The molecule has 2 N–H and O–H groups in total. The predicted molar refractivity (Wildman–Crippen MR) is 89.5 cm³/mol. The maximum absolute atomic E-state index is 8.93. The van der Waals surface area contributed by atoms with Gasteiger partial charge in [-0.05, 0) is 12.8 Å². The van der Waals surface area contributed by atoms with Gasteiger partial charge < -0.3 is 10.1 Å². The van der Waals surface area contributed by atoms with E-state index < -0.39 is 0 Å². The summed E-state index contributed by atoms with van der Waals surface area (Å²) in [5.41, 5.74) is 4.31. The van der Waals surface area contributed by atoms with Crippen molar-refractivity contribution >= 4 is 0 Å². The molecule has 0 aliphatic rings. The van der Waals surface area contributed by atoms with Gasteiger partial charge in [0, 0.05) is 24.2 Å². The molecule has 0 unspecified atom stereocenters. The number of unbranched alkanes of at least 4 members (excludes halogenated alkanes) is 1. The number of hydrogen-bond acceptors (Lipinski definition) is 2. The Bertz CT molecular complexity index is 648. The van der Waals surface area contributed by atoms with Gasteiger partial charge in [-0.2, -0.15) is 0 Å². The van der Waals surface area contributed by atoms with Crippen LogP contribution >= 0.6 is 0 Å². The van der Waals surface area contributed by atoms with Crippen LogP contribution in [0.5, 0.6) is 0 Å². The van der Waals surface area contributed by atoms with E-state index in [4.69, 9.17) is 10.1 Å². The van der Waals surface area contributed by atoms with E-state index in [1.54, 1.807) is 0 Å². The van der Waals surface area contributed by atoms with E-state index in [0.717, 1.165) is 47.6 Å². The monoisotopic (exact) mass is 292 g/mol. The number of rotatable bonds is 6. The van der Waals surface area contributed by atoms with Crippen LogP contribution in [0.1, 0.15) is 18.7 Å². The standard InChI is InChI=1S/C19H20N2O/c22-14-8-7-13-17-20-18(15-9-3-1-4-10-15)19(21-17)16-11-5-2-6-12-16/h1-6,9-12,22H,7-8,13-14H2,(H,20,21). The van der Waals surface area contributed by atoms with Gasteiger partial charge in [-0.25, -0.2) is 4.98 Å². The smallest absolute Gasteiger partial charge is 0.107 e. The van der Waals surface area contributed by atoms with E-state index in [2.05, 4.69) is 29.2 Å². The Kier molecular flexibility index (Phi) is 4.66.